The van der Waals surface area contributed by atoms with Crippen molar-refractivity contribution in [1.29, 1.82) is 0 Å². The second-order valence-electron chi connectivity index (χ2n) is 6.84. The monoisotopic (exact) mass is 428 g/mol. The third-order valence-electron chi connectivity index (χ3n) is 4.75. The van der Waals surface area contributed by atoms with Crippen molar-refractivity contribution in [2.45, 2.75) is 26.4 Å². The number of hydrogen-bond donors (Lipinski definition) is 2. The highest BCUT2D eigenvalue weighted by Gasteiger charge is 2.27. The number of anilines is 1. The van der Waals surface area contributed by atoms with Crippen molar-refractivity contribution >= 4 is 33.7 Å². The Morgan fingerprint density at radius 1 is 1.17 bits per heavy atom. The molecule has 2 aromatic carbocycles. The lowest BCUT2D eigenvalue weighted by molar-refractivity contribution is 0.103. The van der Waals surface area contributed by atoms with E-state index in [1.54, 1.807) is 42.5 Å². The first-order valence-corrected chi connectivity index (χ1v) is 10.8. The van der Waals surface area contributed by atoms with Crippen molar-refractivity contribution in [3.8, 4) is 0 Å². The van der Waals surface area contributed by atoms with Crippen molar-refractivity contribution in [2.75, 3.05) is 18.9 Å². The molecule has 0 saturated heterocycles. The topological polar surface area (TPSA) is 66.6 Å². The number of thiophene rings is 1. The molecule has 1 aliphatic rings. The van der Waals surface area contributed by atoms with E-state index in [9.17, 15) is 4.79 Å². The van der Waals surface area contributed by atoms with Gasteiger partial charge in [-0.05, 0) is 48.7 Å². The number of nitrogens with two attached hydrogens (primary N) is 1. The van der Waals surface area contributed by atoms with Crippen LogP contribution in [0, 0.1) is 0 Å². The lowest BCUT2D eigenvalue weighted by atomic mass is 9.96. The van der Waals surface area contributed by atoms with Gasteiger partial charge in [-0.25, -0.2) is 0 Å². The van der Waals surface area contributed by atoms with Crippen LogP contribution in [-0.4, -0.2) is 28.9 Å². The van der Waals surface area contributed by atoms with Gasteiger partial charge in [-0.1, -0.05) is 41.9 Å². The van der Waals surface area contributed by atoms with E-state index >= 15 is 0 Å². The zero-order valence-electron chi connectivity index (χ0n) is 16.4. The van der Waals surface area contributed by atoms with Crippen LogP contribution in [0.25, 0.3) is 0 Å². The summed E-state index contributed by atoms with van der Waals surface area (Å²) in [5.41, 5.74) is 9.99. The fourth-order valence-electron chi connectivity index (χ4n) is 3.45. The first-order valence-electron chi connectivity index (χ1n) is 9.60. The van der Waals surface area contributed by atoms with Crippen LogP contribution in [0.3, 0.4) is 0 Å². The van der Waals surface area contributed by atoms with Gasteiger partial charge in [-0.15, -0.1) is 11.3 Å². The van der Waals surface area contributed by atoms with Crippen molar-refractivity contribution in [3.63, 3.8) is 0 Å². The Morgan fingerprint density at radius 2 is 1.83 bits per heavy atom. The predicted molar refractivity (Wildman–Crippen MR) is 121 cm³/mol. The molecule has 0 spiro atoms. The molecule has 2 heterocycles. The zero-order valence-corrected chi connectivity index (χ0v) is 18.0. The third kappa shape index (κ3) is 5.25. The smallest absolute Gasteiger partial charge is 0.196 e. The second kappa shape index (κ2) is 10.0. The number of carbonyl (C=O) groups is 1. The van der Waals surface area contributed by atoms with Crippen LogP contribution >= 0.6 is 22.9 Å². The Kier molecular flexibility index (Phi) is 7.45. The summed E-state index contributed by atoms with van der Waals surface area (Å²) in [4.78, 5) is 16.6. The first-order chi connectivity index (χ1) is 14.0. The third-order valence-corrected chi connectivity index (χ3v) is 6.04. The summed E-state index contributed by atoms with van der Waals surface area (Å²) in [5.74, 6) is -0.00632. The molecule has 1 aromatic heterocycles. The number of ketones is 1. The maximum absolute atomic E-state index is 13.0. The standard InChI is InChI=1S/C21H19ClN2OS.C2H6O/c22-16-8-6-15(7-9-16)20(25)19-17-10-11-24(13-18(17)26-21(19)23)12-14-4-2-1-3-5-14;1-2-3/h1-9H,10-13,23H2;3H,2H2,1H3. The minimum absolute atomic E-state index is 0.00632. The number of nitrogens with zero attached hydrogens (tertiary/aromatic N) is 1. The van der Waals surface area contributed by atoms with E-state index in [4.69, 9.17) is 22.4 Å². The highest BCUT2D eigenvalue weighted by atomic mass is 35.5. The summed E-state index contributed by atoms with van der Waals surface area (Å²) in [5, 5.41) is 8.81. The number of nitrogen functional groups attached to an aromatic ring is 1. The van der Waals surface area contributed by atoms with Crippen LogP contribution in [0.2, 0.25) is 5.02 Å². The Bertz CT molecular complexity index is 955. The van der Waals surface area contributed by atoms with Crippen LogP contribution in [0.4, 0.5) is 5.00 Å². The van der Waals surface area contributed by atoms with Gasteiger partial charge in [0.2, 0.25) is 0 Å². The van der Waals surface area contributed by atoms with E-state index in [0.29, 0.717) is 21.2 Å². The fraction of sp³-hybridized carbons (Fsp3) is 0.261. The van der Waals surface area contributed by atoms with E-state index in [0.717, 1.165) is 31.6 Å². The molecule has 3 N–H and O–H groups in total. The number of aliphatic hydroxyl groups is 1. The van der Waals surface area contributed by atoms with Gasteiger partial charge in [0, 0.05) is 41.7 Å². The summed E-state index contributed by atoms with van der Waals surface area (Å²) in [7, 11) is 0. The summed E-state index contributed by atoms with van der Waals surface area (Å²) in [6.07, 6.45) is 0.852. The van der Waals surface area contributed by atoms with E-state index in [1.165, 1.54) is 10.4 Å². The average molecular weight is 429 g/mol. The molecule has 29 heavy (non-hydrogen) atoms. The SMILES string of the molecule is CCO.Nc1sc2c(c1C(=O)c1ccc(Cl)cc1)CCN(Cc1ccccc1)C2. The number of halogens is 1. The van der Waals surface area contributed by atoms with Crippen LogP contribution in [-0.2, 0) is 19.5 Å². The molecule has 0 aliphatic carbocycles. The Labute approximate surface area is 180 Å². The maximum atomic E-state index is 13.0. The van der Waals surface area contributed by atoms with E-state index < -0.39 is 0 Å². The highest BCUT2D eigenvalue weighted by Crippen LogP contribution is 2.37. The van der Waals surface area contributed by atoms with Gasteiger partial charge in [-0.3, -0.25) is 9.69 Å². The van der Waals surface area contributed by atoms with Gasteiger partial charge >= 0.3 is 0 Å². The molecule has 0 radical (unpaired) electrons. The molecule has 152 valence electrons. The van der Waals surface area contributed by atoms with Crippen LogP contribution in [0.15, 0.2) is 54.6 Å². The first kappa shape index (κ1) is 21.5. The van der Waals surface area contributed by atoms with Crippen molar-refractivity contribution < 1.29 is 9.90 Å². The van der Waals surface area contributed by atoms with Crippen LogP contribution in [0.1, 0.15) is 38.8 Å². The number of hydrogen-bond acceptors (Lipinski definition) is 5. The number of carbonyl (C=O) groups excluding carboxylic acids is 1. The molecular formula is C23H25ClN2O2S. The quantitative estimate of drug-likeness (QED) is 0.587. The van der Waals surface area contributed by atoms with Gasteiger partial charge in [0.15, 0.2) is 5.78 Å². The largest absolute Gasteiger partial charge is 0.397 e. The maximum Gasteiger partial charge on any atom is 0.196 e. The summed E-state index contributed by atoms with van der Waals surface area (Å²) < 4.78 is 0. The van der Waals surface area contributed by atoms with E-state index in [2.05, 4.69) is 29.2 Å². The molecule has 3 aromatic rings. The zero-order chi connectivity index (χ0) is 20.8. The normalized spacial score (nSPS) is 13.3. The lowest BCUT2D eigenvalue weighted by Crippen LogP contribution is -2.29. The summed E-state index contributed by atoms with van der Waals surface area (Å²) >= 11 is 7.48. The predicted octanol–water partition coefficient (Wildman–Crippen LogP) is 4.77. The number of benzene rings is 2. The van der Waals surface area contributed by atoms with E-state index in [-0.39, 0.29) is 12.4 Å². The minimum Gasteiger partial charge on any atom is -0.397 e. The van der Waals surface area contributed by atoms with Gasteiger partial charge in [0.05, 0.1) is 10.6 Å². The van der Waals surface area contributed by atoms with Gasteiger partial charge in [-0.2, -0.15) is 0 Å². The van der Waals surface area contributed by atoms with Crippen molar-refractivity contribution in [3.05, 3.63) is 86.8 Å². The molecular weight excluding hydrogens is 404 g/mol. The molecule has 0 unspecified atom stereocenters. The molecule has 1 aliphatic heterocycles. The highest BCUT2D eigenvalue weighted by molar-refractivity contribution is 7.16. The minimum atomic E-state index is -0.00632. The van der Waals surface area contributed by atoms with Crippen LogP contribution < -0.4 is 5.73 Å². The van der Waals surface area contributed by atoms with Crippen molar-refractivity contribution in [1.82, 2.24) is 4.90 Å². The van der Waals surface area contributed by atoms with Crippen molar-refractivity contribution in [2.24, 2.45) is 0 Å². The number of fused-ring (bicyclic) bond motifs is 1. The second-order valence-corrected chi connectivity index (χ2v) is 8.41. The van der Waals surface area contributed by atoms with Gasteiger partial charge in [0.25, 0.3) is 0 Å². The Balaban J connectivity index is 0.000000755. The molecule has 4 nitrogen and oxygen atoms in total. The van der Waals surface area contributed by atoms with Gasteiger partial charge in [0.1, 0.15) is 0 Å². The average Bonchev–Trinajstić information content (AvgIpc) is 3.04. The molecule has 0 bridgehead atoms. The molecule has 0 amide bonds. The molecule has 0 fully saturated rings. The molecule has 0 saturated carbocycles. The lowest BCUT2D eigenvalue weighted by Gasteiger charge is -2.27. The molecule has 0 atom stereocenters. The Hall–Kier alpha value is -2.18. The van der Waals surface area contributed by atoms with Crippen LogP contribution in [0.5, 0.6) is 0 Å². The van der Waals surface area contributed by atoms with E-state index in [1.807, 2.05) is 6.07 Å². The number of aliphatic hydroxyl groups excluding tert-OH is 1. The summed E-state index contributed by atoms with van der Waals surface area (Å²) in [6.45, 7) is 4.62. The molecule has 4 rings (SSSR count). The molecule has 6 heteroatoms. The fourth-order valence-corrected chi connectivity index (χ4v) is 4.73. The van der Waals surface area contributed by atoms with Gasteiger partial charge < -0.3 is 10.8 Å². The number of rotatable bonds is 4. The summed E-state index contributed by atoms with van der Waals surface area (Å²) in [6, 6.07) is 17.5. The Morgan fingerprint density at radius 3 is 2.48 bits per heavy atom.